The maximum Gasteiger partial charge on any atom is 0.328 e. The van der Waals surface area contributed by atoms with E-state index in [0.717, 1.165) is 41.5 Å². The third kappa shape index (κ3) is 3.11. The second-order valence-corrected chi connectivity index (χ2v) is 10.3. The zero-order valence-corrected chi connectivity index (χ0v) is 18.1. The highest BCUT2D eigenvalue weighted by atomic mass is 79.9. The lowest BCUT2D eigenvalue weighted by molar-refractivity contribution is -0.131. The van der Waals surface area contributed by atoms with Crippen LogP contribution in [0.2, 0.25) is 4.34 Å². The quantitative estimate of drug-likeness (QED) is 0.687. The van der Waals surface area contributed by atoms with Gasteiger partial charge in [-0.1, -0.05) is 38.9 Å². The fraction of sp³-hybridized carbons (Fsp3) is 0.421. The van der Waals surface area contributed by atoms with Gasteiger partial charge in [0.05, 0.1) is 6.20 Å². The summed E-state index contributed by atoms with van der Waals surface area (Å²) in [5, 5.41) is 3.32. The van der Waals surface area contributed by atoms with Crippen molar-refractivity contribution < 1.29 is 9.59 Å². The number of benzene rings is 1. The van der Waals surface area contributed by atoms with Crippen molar-refractivity contribution in [2.75, 3.05) is 29.9 Å². The van der Waals surface area contributed by atoms with E-state index in [1.54, 1.807) is 4.90 Å². The molecule has 2 aromatic rings. The summed E-state index contributed by atoms with van der Waals surface area (Å²) in [5.41, 5.74) is 1.80. The summed E-state index contributed by atoms with van der Waals surface area (Å²) in [4.78, 5) is 33.5. The number of nitrogens with one attached hydrogen (secondary N) is 1. The van der Waals surface area contributed by atoms with E-state index in [1.807, 2.05) is 17.0 Å². The molecule has 1 saturated carbocycles. The van der Waals surface area contributed by atoms with Crippen LogP contribution in [-0.4, -0.2) is 41.5 Å². The molecular weight excluding hydrogens is 464 g/mol. The molecule has 3 amide bonds. The van der Waals surface area contributed by atoms with Gasteiger partial charge >= 0.3 is 6.03 Å². The van der Waals surface area contributed by atoms with Crippen LogP contribution in [0.3, 0.4) is 0 Å². The number of amides is 3. The minimum absolute atomic E-state index is 0.215. The Kier molecular flexibility index (Phi) is 4.41. The van der Waals surface area contributed by atoms with E-state index in [9.17, 15) is 9.59 Å². The second-order valence-electron chi connectivity index (χ2n) is 7.71. The highest BCUT2D eigenvalue weighted by Gasteiger charge is 2.51. The topological polar surface area (TPSA) is 65.5 Å². The van der Waals surface area contributed by atoms with Gasteiger partial charge in [0, 0.05) is 41.1 Å². The van der Waals surface area contributed by atoms with Crippen LogP contribution in [0.1, 0.15) is 24.8 Å². The van der Waals surface area contributed by atoms with Crippen LogP contribution in [0.15, 0.2) is 28.9 Å². The van der Waals surface area contributed by atoms with E-state index < -0.39 is 0 Å². The van der Waals surface area contributed by atoms with Gasteiger partial charge in [0.1, 0.15) is 4.34 Å². The average Bonchev–Trinajstić information content (AvgIpc) is 3.19. The number of likely N-dealkylation sites (tertiary alicyclic amines) is 1. The molecule has 0 radical (unpaired) electrons. The van der Waals surface area contributed by atoms with Crippen LogP contribution in [0.5, 0.6) is 0 Å². The van der Waals surface area contributed by atoms with Crippen molar-refractivity contribution in [3.63, 3.8) is 0 Å². The number of hydrogen-bond donors (Lipinski definition) is 1. The molecule has 1 spiro atoms. The molecule has 3 heterocycles. The highest BCUT2D eigenvalue weighted by Crippen LogP contribution is 2.48. The van der Waals surface area contributed by atoms with Crippen LogP contribution in [0.25, 0.3) is 0 Å². The number of hydrogen-bond acceptors (Lipinski definition) is 4. The van der Waals surface area contributed by atoms with E-state index in [1.165, 1.54) is 17.5 Å². The normalized spacial score (nSPS) is 23.4. The van der Waals surface area contributed by atoms with Gasteiger partial charge in [-0.2, -0.15) is 0 Å². The monoisotopic (exact) mass is 480 g/mol. The van der Waals surface area contributed by atoms with Crippen molar-refractivity contribution in [3.8, 4) is 0 Å². The summed E-state index contributed by atoms with van der Waals surface area (Å²) >= 11 is 10.7. The van der Waals surface area contributed by atoms with Crippen LogP contribution in [0.4, 0.5) is 15.6 Å². The first-order chi connectivity index (χ1) is 13.4. The number of carbonyl (C=O) groups is 2. The molecule has 1 aliphatic carbocycles. The molecule has 3 aliphatic rings. The Morgan fingerprint density at radius 3 is 2.86 bits per heavy atom. The SMILES string of the molecule is O=C(C1CC1)N1CCC2(C1)CN(C(=O)Nc1ncc(Cl)s1)c1ccc(Br)cc12. The summed E-state index contributed by atoms with van der Waals surface area (Å²) < 4.78 is 1.51. The van der Waals surface area contributed by atoms with Crippen molar-refractivity contribution in [3.05, 3.63) is 38.8 Å². The molecule has 1 aromatic heterocycles. The van der Waals surface area contributed by atoms with E-state index in [4.69, 9.17) is 11.6 Å². The van der Waals surface area contributed by atoms with Crippen molar-refractivity contribution in [1.29, 1.82) is 0 Å². The van der Waals surface area contributed by atoms with Crippen LogP contribution in [-0.2, 0) is 10.2 Å². The first-order valence-corrected chi connectivity index (χ1v) is 11.2. The molecule has 1 saturated heterocycles. The predicted octanol–water partition coefficient (Wildman–Crippen LogP) is 4.49. The van der Waals surface area contributed by atoms with Crippen molar-refractivity contribution >= 4 is 61.6 Å². The van der Waals surface area contributed by atoms with E-state index in [2.05, 4.69) is 32.3 Å². The maximum atomic E-state index is 13.0. The van der Waals surface area contributed by atoms with Crippen molar-refractivity contribution in [2.24, 2.45) is 5.92 Å². The summed E-state index contributed by atoms with van der Waals surface area (Å²) in [6.45, 7) is 1.97. The Balaban J connectivity index is 1.43. The number of urea groups is 1. The van der Waals surface area contributed by atoms with E-state index in [0.29, 0.717) is 22.6 Å². The number of carbonyl (C=O) groups excluding carboxylic acids is 2. The van der Waals surface area contributed by atoms with Gasteiger partial charge in [-0.25, -0.2) is 9.78 Å². The minimum Gasteiger partial charge on any atom is -0.341 e. The molecule has 6 nitrogen and oxygen atoms in total. The van der Waals surface area contributed by atoms with Gasteiger partial charge in [0.15, 0.2) is 5.13 Å². The molecule has 1 atom stereocenters. The highest BCUT2D eigenvalue weighted by molar-refractivity contribution is 9.10. The zero-order chi connectivity index (χ0) is 19.5. The molecule has 1 aromatic carbocycles. The fourth-order valence-electron chi connectivity index (χ4n) is 4.29. The Hall–Kier alpha value is -1.64. The molecule has 1 N–H and O–H groups in total. The number of rotatable bonds is 2. The van der Waals surface area contributed by atoms with Gasteiger partial charge in [0.25, 0.3) is 0 Å². The molecule has 146 valence electrons. The predicted molar refractivity (Wildman–Crippen MR) is 113 cm³/mol. The second kappa shape index (κ2) is 6.71. The molecule has 2 aliphatic heterocycles. The van der Waals surface area contributed by atoms with Crippen LogP contribution >= 0.6 is 38.9 Å². The number of halogens is 2. The Morgan fingerprint density at radius 1 is 1.32 bits per heavy atom. The fourth-order valence-corrected chi connectivity index (χ4v) is 5.45. The first-order valence-electron chi connectivity index (χ1n) is 9.24. The Bertz CT molecular complexity index is 979. The first kappa shape index (κ1) is 18.4. The van der Waals surface area contributed by atoms with Crippen LogP contribution < -0.4 is 10.2 Å². The summed E-state index contributed by atoms with van der Waals surface area (Å²) in [5.74, 6) is 0.487. The third-order valence-corrected chi connectivity index (χ3v) is 7.33. The van der Waals surface area contributed by atoms with Crippen molar-refractivity contribution in [1.82, 2.24) is 9.88 Å². The number of thiazole rings is 1. The molecule has 2 fully saturated rings. The van der Waals surface area contributed by atoms with Gasteiger partial charge in [-0.05, 0) is 43.0 Å². The summed E-state index contributed by atoms with van der Waals surface area (Å²) in [7, 11) is 0. The Labute approximate surface area is 180 Å². The van der Waals surface area contributed by atoms with Gasteiger partial charge in [-0.15, -0.1) is 0 Å². The number of aromatic nitrogens is 1. The number of fused-ring (bicyclic) bond motifs is 2. The molecular formula is C19H18BrClN4O2S. The third-order valence-electron chi connectivity index (χ3n) is 5.81. The van der Waals surface area contributed by atoms with Gasteiger partial charge < -0.3 is 4.90 Å². The molecule has 9 heteroatoms. The molecule has 5 rings (SSSR count). The lowest BCUT2D eigenvalue weighted by Gasteiger charge is -2.26. The standard InChI is InChI=1S/C19H18BrClN4O2S/c20-12-3-4-14-13(7-12)19(5-6-24(9-19)16(26)11-1-2-11)10-25(14)18(27)23-17-22-8-15(21)28-17/h3-4,7-8,11H,1-2,5-6,9-10H2,(H,22,23,27). The lowest BCUT2D eigenvalue weighted by atomic mass is 9.81. The van der Waals surface area contributed by atoms with Crippen molar-refractivity contribution in [2.45, 2.75) is 24.7 Å². The smallest absolute Gasteiger partial charge is 0.328 e. The minimum atomic E-state index is -0.224. The molecule has 0 bridgehead atoms. The number of anilines is 2. The summed E-state index contributed by atoms with van der Waals surface area (Å²) in [6, 6.07) is 5.78. The lowest BCUT2D eigenvalue weighted by Crippen LogP contribution is -2.41. The van der Waals surface area contributed by atoms with Gasteiger partial charge in [0.2, 0.25) is 5.91 Å². The zero-order valence-electron chi connectivity index (χ0n) is 15.0. The summed E-state index contributed by atoms with van der Waals surface area (Å²) in [6.07, 6.45) is 4.41. The van der Waals surface area contributed by atoms with E-state index >= 15 is 0 Å². The molecule has 1 unspecified atom stereocenters. The molecule has 28 heavy (non-hydrogen) atoms. The maximum absolute atomic E-state index is 13.0. The van der Waals surface area contributed by atoms with Gasteiger partial charge in [-0.3, -0.25) is 15.0 Å². The largest absolute Gasteiger partial charge is 0.341 e. The van der Waals surface area contributed by atoms with Crippen LogP contribution in [0, 0.1) is 5.92 Å². The Morgan fingerprint density at radius 2 is 2.14 bits per heavy atom. The average molecular weight is 482 g/mol. The number of nitrogens with zero attached hydrogens (tertiary/aromatic N) is 3. The van der Waals surface area contributed by atoms with E-state index in [-0.39, 0.29) is 23.3 Å².